The Balaban J connectivity index is 1.70. The number of Topliss-reactive ketones (excluding diaryl/α,β-unsaturated/α-hetero) is 1. The summed E-state index contributed by atoms with van der Waals surface area (Å²) in [6, 6.07) is 5.60. The Morgan fingerprint density at radius 2 is 2.14 bits per heavy atom. The summed E-state index contributed by atoms with van der Waals surface area (Å²) in [6.07, 6.45) is 1.77. The van der Waals surface area contributed by atoms with E-state index in [-0.39, 0.29) is 17.6 Å². The average Bonchev–Trinajstić information content (AvgIpc) is 2.50. The van der Waals surface area contributed by atoms with Gasteiger partial charge in [-0.3, -0.25) is 14.5 Å². The van der Waals surface area contributed by atoms with Crippen LogP contribution in [0.25, 0.3) is 0 Å². The fraction of sp³-hybridized carbons (Fsp3) is 0.529. The van der Waals surface area contributed by atoms with E-state index in [0.29, 0.717) is 0 Å². The highest BCUT2D eigenvalue weighted by molar-refractivity contribution is 6.01. The number of ether oxygens (including phenoxy) is 1. The van der Waals surface area contributed by atoms with E-state index in [1.165, 1.54) is 6.92 Å². The monoisotopic (exact) mass is 302 g/mol. The van der Waals surface area contributed by atoms with E-state index in [1.807, 2.05) is 18.2 Å². The second-order valence-corrected chi connectivity index (χ2v) is 6.07. The van der Waals surface area contributed by atoms with Crippen LogP contribution in [0.3, 0.4) is 0 Å². The van der Waals surface area contributed by atoms with Crippen molar-refractivity contribution >= 4 is 17.4 Å². The van der Waals surface area contributed by atoms with Gasteiger partial charge in [0.25, 0.3) is 0 Å². The molecule has 5 nitrogen and oxygen atoms in total. The zero-order valence-corrected chi connectivity index (χ0v) is 12.9. The van der Waals surface area contributed by atoms with Crippen LogP contribution >= 0.6 is 0 Å². The van der Waals surface area contributed by atoms with E-state index < -0.39 is 0 Å². The number of nitrogens with one attached hydrogen (secondary N) is 1. The molecule has 0 bridgehead atoms. The molecule has 1 aromatic carbocycles. The molecule has 1 fully saturated rings. The van der Waals surface area contributed by atoms with Crippen molar-refractivity contribution < 1.29 is 14.3 Å². The number of ketones is 1. The second-order valence-electron chi connectivity index (χ2n) is 6.07. The van der Waals surface area contributed by atoms with Crippen molar-refractivity contribution in [2.45, 2.75) is 19.8 Å². The standard InChI is InChI=1S/C17H22N2O3/c1-12(20)18-15-4-5-16-13(10-15)2-3-14(17(16)21)11-19-6-8-22-9-7-19/h4-5,10,14H,2-3,6-9,11H2,1H3,(H,18,20). The summed E-state index contributed by atoms with van der Waals surface area (Å²) in [7, 11) is 0. The molecule has 1 heterocycles. The molecule has 1 amide bonds. The van der Waals surface area contributed by atoms with E-state index in [0.717, 1.165) is 62.5 Å². The van der Waals surface area contributed by atoms with Gasteiger partial charge in [0.1, 0.15) is 0 Å². The van der Waals surface area contributed by atoms with Crippen LogP contribution in [0.2, 0.25) is 0 Å². The second kappa shape index (κ2) is 6.58. The fourth-order valence-electron chi connectivity index (χ4n) is 3.27. The van der Waals surface area contributed by atoms with Crippen LogP contribution in [-0.2, 0) is 16.0 Å². The molecule has 2 aliphatic rings. The summed E-state index contributed by atoms with van der Waals surface area (Å²) in [5, 5.41) is 2.77. The first-order valence-corrected chi connectivity index (χ1v) is 7.88. The van der Waals surface area contributed by atoms with Crippen molar-refractivity contribution in [1.82, 2.24) is 4.90 Å². The summed E-state index contributed by atoms with van der Waals surface area (Å²) in [4.78, 5) is 26.1. The van der Waals surface area contributed by atoms with Gasteiger partial charge >= 0.3 is 0 Å². The van der Waals surface area contributed by atoms with Crippen molar-refractivity contribution in [3.63, 3.8) is 0 Å². The van der Waals surface area contributed by atoms with Crippen molar-refractivity contribution in [3.8, 4) is 0 Å². The molecule has 1 saturated heterocycles. The molecular formula is C17H22N2O3. The number of aryl methyl sites for hydroxylation is 1. The molecule has 0 spiro atoms. The SMILES string of the molecule is CC(=O)Nc1ccc2c(c1)CCC(CN1CCOCC1)C2=O. The molecule has 1 aliphatic heterocycles. The van der Waals surface area contributed by atoms with Gasteiger partial charge in [-0.1, -0.05) is 0 Å². The number of hydrogen-bond donors (Lipinski definition) is 1. The number of carbonyl (C=O) groups is 2. The molecule has 0 aromatic heterocycles. The normalized spacial score (nSPS) is 22.2. The Kier molecular flexibility index (Phi) is 4.55. The summed E-state index contributed by atoms with van der Waals surface area (Å²) < 4.78 is 5.36. The van der Waals surface area contributed by atoms with Crippen molar-refractivity contribution in [1.29, 1.82) is 0 Å². The molecule has 1 aliphatic carbocycles. The van der Waals surface area contributed by atoms with Gasteiger partial charge in [0.2, 0.25) is 5.91 Å². The molecule has 118 valence electrons. The number of morpholine rings is 1. The van der Waals surface area contributed by atoms with Gasteiger partial charge in [-0.2, -0.15) is 0 Å². The quantitative estimate of drug-likeness (QED) is 0.923. The van der Waals surface area contributed by atoms with Gasteiger partial charge < -0.3 is 10.1 Å². The predicted molar refractivity (Wildman–Crippen MR) is 84.1 cm³/mol. The number of anilines is 1. The number of fused-ring (bicyclic) bond motifs is 1. The summed E-state index contributed by atoms with van der Waals surface area (Å²) in [6.45, 7) is 5.67. The minimum atomic E-state index is -0.0905. The van der Waals surface area contributed by atoms with Crippen LogP contribution in [0, 0.1) is 5.92 Å². The van der Waals surface area contributed by atoms with Crippen molar-refractivity contribution in [3.05, 3.63) is 29.3 Å². The Hall–Kier alpha value is -1.72. The Morgan fingerprint density at radius 3 is 2.86 bits per heavy atom. The minimum Gasteiger partial charge on any atom is -0.379 e. The maximum absolute atomic E-state index is 12.7. The third-order valence-electron chi connectivity index (χ3n) is 4.41. The van der Waals surface area contributed by atoms with Gasteiger partial charge in [0.05, 0.1) is 13.2 Å². The lowest BCUT2D eigenvalue weighted by Crippen LogP contribution is -2.42. The van der Waals surface area contributed by atoms with E-state index in [1.54, 1.807) is 0 Å². The lowest BCUT2D eigenvalue weighted by Gasteiger charge is -2.32. The molecule has 0 saturated carbocycles. The molecule has 1 unspecified atom stereocenters. The molecule has 1 atom stereocenters. The van der Waals surface area contributed by atoms with E-state index in [4.69, 9.17) is 4.74 Å². The molecule has 3 rings (SSSR count). The molecule has 1 aromatic rings. The number of benzene rings is 1. The maximum atomic E-state index is 12.7. The number of carbonyl (C=O) groups excluding carboxylic acids is 2. The third kappa shape index (κ3) is 3.36. The van der Waals surface area contributed by atoms with Crippen molar-refractivity contribution in [2.24, 2.45) is 5.92 Å². The summed E-state index contributed by atoms with van der Waals surface area (Å²) in [5.74, 6) is 0.228. The highest BCUT2D eigenvalue weighted by Gasteiger charge is 2.29. The number of nitrogens with zero attached hydrogens (tertiary/aromatic N) is 1. The first kappa shape index (κ1) is 15.2. The molecule has 5 heteroatoms. The lowest BCUT2D eigenvalue weighted by atomic mass is 9.82. The molecule has 22 heavy (non-hydrogen) atoms. The van der Waals surface area contributed by atoms with Crippen LogP contribution in [0.5, 0.6) is 0 Å². The number of rotatable bonds is 3. The van der Waals surface area contributed by atoms with E-state index in [9.17, 15) is 9.59 Å². The molecule has 0 radical (unpaired) electrons. The zero-order valence-electron chi connectivity index (χ0n) is 12.9. The van der Waals surface area contributed by atoms with E-state index in [2.05, 4.69) is 10.2 Å². The first-order chi connectivity index (χ1) is 10.6. The Morgan fingerprint density at radius 1 is 1.36 bits per heavy atom. The van der Waals surface area contributed by atoms with Gasteiger partial charge in [-0.25, -0.2) is 0 Å². The smallest absolute Gasteiger partial charge is 0.221 e. The zero-order chi connectivity index (χ0) is 15.5. The topological polar surface area (TPSA) is 58.6 Å². The van der Waals surface area contributed by atoms with Gasteiger partial charge in [-0.05, 0) is 36.6 Å². The van der Waals surface area contributed by atoms with Gasteiger partial charge in [0, 0.05) is 43.7 Å². The molecular weight excluding hydrogens is 280 g/mol. The highest BCUT2D eigenvalue weighted by atomic mass is 16.5. The summed E-state index contributed by atoms with van der Waals surface area (Å²) >= 11 is 0. The maximum Gasteiger partial charge on any atom is 0.221 e. The largest absolute Gasteiger partial charge is 0.379 e. The van der Waals surface area contributed by atoms with Gasteiger partial charge in [0.15, 0.2) is 5.78 Å². The van der Waals surface area contributed by atoms with Crippen LogP contribution in [0.4, 0.5) is 5.69 Å². The first-order valence-electron chi connectivity index (χ1n) is 7.88. The van der Waals surface area contributed by atoms with Crippen LogP contribution < -0.4 is 5.32 Å². The summed E-state index contributed by atoms with van der Waals surface area (Å²) in [5.41, 5.74) is 2.64. The Bertz CT molecular complexity index is 579. The average molecular weight is 302 g/mol. The third-order valence-corrected chi connectivity index (χ3v) is 4.41. The van der Waals surface area contributed by atoms with Crippen LogP contribution in [0.15, 0.2) is 18.2 Å². The van der Waals surface area contributed by atoms with Crippen molar-refractivity contribution in [2.75, 3.05) is 38.2 Å². The Labute approximate surface area is 130 Å². The van der Waals surface area contributed by atoms with Crippen LogP contribution in [0.1, 0.15) is 29.3 Å². The lowest BCUT2D eigenvalue weighted by molar-refractivity contribution is -0.114. The van der Waals surface area contributed by atoms with Crippen LogP contribution in [-0.4, -0.2) is 49.4 Å². The minimum absolute atomic E-state index is 0.0808. The van der Waals surface area contributed by atoms with Gasteiger partial charge in [-0.15, -0.1) is 0 Å². The predicted octanol–water partition coefficient (Wildman–Crippen LogP) is 1.72. The number of hydrogen-bond acceptors (Lipinski definition) is 4. The fourth-order valence-corrected chi connectivity index (χ4v) is 3.27. The number of amides is 1. The molecule has 1 N–H and O–H groups in total. The van der Waals surface area contributed by atoms with E-state index >= 15 is 0 Å². The highest BCUT2D eigenvalue weighted by Crippen LogP contribution is 2.28.